The highest BCUT2D eigenvalue weighted by Gasteiger charge is 2.20. The van der Waals surface area contributed by atoms with Crippen LogP contribution in [-0.4, -0.2) is 42.8 Å². The van der Waals surface area contributed by atoms with Gasteiger partial charge in [-0.15, -0.1) is 5.10 Å². The SMILES string of the molecule is COc1ccc(-n2c(COC(=O)/C(=C/c3cccc(F)c3)n3nnnc3C)nc3ccccc32)cc1. The molecule has 0 fully saturated rings. The number of para-hydroxylation sites is 2. The summed E-state index contributed by atoms with van der Waals surface area (Å²) >= 11 is 0. The molecule has 0 radical (unpaired) electrons. The number of tetrazole rings is 1. The summed E-state index contributed by atoms with van der Waals surface area (Å²) in [6.07, 6.45) is 1.47. The molecular formula is C26H21FN6O3. The lowest BCUT2D eigenvalue weighted by molar-refractivity contribution is -0.138. The summed E-state index contributed by atoms with van der Waals surface area (Å²) in [6, 6.07) is 21.0. The first-order valence-corrected chi connectivity index (χ1v) is 11.0. The number of carbonyl (C=O) groups is 1. The molecule has 0 saturated heterocycles. The number of rotatable bonds is 7. The Morgan fingerprint density at radius 1 is 1.06 bits per heavy atom. The number of benzene rings is 3. The van der Waals surface area contributed by atoms with Crippen molar-refractivity contribution in [1.29, 1.82) is 0 Å². The molecule has 0 amide bonds. The summed E-state index contributed by atoms with van der Waals surface area (Å²) in [5.41, 5.74) is 2.95. The predicted octanol–water partition coefficient (Wildman–Crippen LogP) is 4.21. The van der Waals surface area contributed by atoms with Crippen molar-refractivity contribution in [1.82, 2.24) is 29.8 Å². The fourth-order valence-electron chi connectivity index (χ4n) is 3.81. The lowest BCUT2D eigenvalue weighted by Crippen LogP contribution is -2.16. The van der Waals surface area contributed by atoms with Crippen LogP contribution in [0.1, 0.15) is 17.2 Å². The Hall–Kier alpha value is -4.86. The third-order valence-corrected chi connectivity index (χ3v) is 5.51. The van der Waals surface area contributed by atoms with E-state index in [1.165, 1.54) is 22.9 Å². The second-order valence-electron chi connectivity index (χ2n) is 7.85. The number of carbonyl (C=O) groups excluding carboxylic acids is 1. The number of hydrogen-bond donors (Lipinski definition) is 0. The minimum atomic E-state index is -0.692. The minimum absolute atomic E-state index is 0.0372. The van der Waals surface area contributed by atoms with Crippen LogP contribution < -0.4 is 4.74 Å². The number of aromatic nitrogens is 6. The molecule has 0 saturated carbocycles. The Kier molecular flexibility index (Phi) is 6.23. The number of fused-ring (bicyclic) bond motifs is 1. The highest BCUT2D eigenvalue weighted by molar-refractivity contribution is 6.15. The first kappa shape index (κ1) is 22.9. The van der Waals surface area contributed by atoms with Crippen LogP contribution in [0.3, 0.4) is 0 Å². The summed E-state index contributed by atoms with van der Waals surface area (Å²) in [6.45, 7) is 1.52. The molecule has 3 aromatic carbocycles. The van der Waals surface area contributed by atoms with Gasteiger partial charge in [-0.25, -0.2) is 14.2 Å². The number of ether oxygens (including phenoxy) is 2. The first-order valence-electron chi connectivity index (χ1n) is 11.0. The van der Waals surface area contributed by atoms with E-state index in [-0.39, 0.29) is 12.3 Å². The van der Waals surface area contributed by atoms with Gasteiger partial charge in [0, 0.05) is 5.69 Å². The molecule has 0 bridgehead atoms. The number of nitrogens with zero attached hydrogens (tertiary/aromatic N) is 6. The van der Waals surface area contributed by atoms with E-state index in [0.29, 0.717) is 17.2 Å². The van der Waals surface area contributed by atoms with Crippen molar-refractivity contribution >= 4 is 28.8 Å². The van der Waals surface area contributed by atoms with Crippen molar-refractivity contribution in [3.05, 3.63) is 95.8 Å². The zero-order valence-corrected chi connectivity index (χ0v) is 19.5. The van der Waals surface area contributed by atoms with Crippen molar-refractivity contribution in [2.45, 2.75) is 13.5 Å². The van der Waals surface area contributed by atoms with E-state index < -0.39 is 11.8 Å². The van der Waals surface area contributed by atoms with Gasteiger partial charge < -0.3 is 9.47 Å². The maximum atomic E-state index is 13.8. The number of methoxy groups -OCH3 is 1. The van der Waals surface area contributed by atoms with E-state index in [9.17, 15) is 9.18 Å². The zero-order valence-electron chi connectivity index (χ0n) is 19.5. The number of aryl methyl sites for hydroxylation is 1. The largest absolute Gasteiger partial charge is 0.497 e. The highest BCUT2D eigenvalue weighted by Crippen LogP contribution is 2.24. The van der Waals surface area contributed by atoms with Gasteiger partial charge in [0.1, 0.15) is 18.2 Å². The Morgan fingerprint density at radius 3 is 2.58 bits per heavy atom. The van der Waals surface area contributed by atoms with Crippen molar-refractivity contribution < 1.29 is 18.7 Å². The second-order valence-corrected chi connectivity index (χ2v) is 7.85. The summed E-state index contributed by atoms with van der Waals surface area (Å²) in [5.74, 6) is 0.495. The van der Waals surface area contributed by atoms with Crippen LogP contribution in [0, 0.1) is 12.7 Å². The summed E-state index contributed by atoms with van der Waals surface area (Å²) in [4.78, 5) is 17.9. The summed E-state index contributed by atoms with van der Waals surface area (Å²) in [5, 5.41) is 11.3. The quantitative estimate of drug-likeness (QED) is 0.252. The standard InChI is InChI=1S/C26H21FN6O3/c1-17-29-30-31-33(17)24(15-18-6-5-7-19(27)14-18)26(34)36-16-25-28-22-8-3-4-9-23(22)32(25)20-10-12-21(35-2)13-11-20/h3-15H,16H2,1-2H3/b24-15-. The molecular weight excluding hydrogens is 463 g/mol. The molecule has 5 aromatic rings. The Bertz CT molecular complexity index is 1570. The molecule has 0 aliphatic rings. The third kappa shape index (κ3) is 4.56. The van der Waals surface area contributed by atoms with Crippen molar-refractivity contribution in [2.24, 2.45) is 0 Å². The van der Waals surface area contributed by atoms with Gasteiger partial charge in [0.05, 0.1) is 18.1 Å². The molecule has 0 unspecified atom stereocenters. The predicted molar refractivity (Wildman–Crippen MR) is 131 cm³/mol. The van der Waals surface area contributed by atoms with E-state index in [2.05, 4.69) is 20.5 Å². The van der Waals surface area contributed by atoms with Gasteiger partial charge >= 0.3 is 5.97 Å². The van der Waals surface area contributed by atoms with Gasteiger partial charge in [-0.05, 0) is 77.5 Å². The van der Waals surface area contributed by atoms with Crippen molar-refractivity contribution in [3.63, 3.8) is 0 Å². The minimum Gasteiger partial charge on any atom is -0.497 e. The van der Waals surface area contributed by atoms with Gasteiger partial charge in [-0.2, -0.15) is 4.68 Å². The number of imidazole rings is 1. The molecule has 0 aliphatic heterocycles. The first-order chi connectivity index (χ1) is 17.5. The van der Waals surface area contributed by atoms with Crippen LogP contribution in [0.4, 0.5) is 4.39 Å². The van der Waals surface area contributed by atoms with E-state index in [0.717, 1.165) is 22.5 Å². The van der Waals surface area contributed by atoms with Crippen LogP contribution in [-0.2, 0) is 16.1 Å². The van der Waals surface area contributed by atoms with Gasteiger partial charge in [-0.1, -0.05) is 24.3 Å². The topological polar surface area (TPSA) is 97.0 Å². The monoisotopic (exact) mass is 484 g/mol. The van der Waals surface area contributed by atoms with Gasteiger partial charge in [0.25, 0.3) is 0 Å². The fourth-order valence-corrected chi connectivity index (χ4v) is 3.81. The molecule has 0 N–H and O–H groups in total. The molecule has 0 spiro atoms. The van der Waals surface area contributed by atoms with Crippen LogP contribution in [0.25, 0.3) is 28.5 Å². The number of esters is 1. The van der Waals surface area contributed by atoms with E-state index >= 15 is 0 Å². The molecule has 10 heteroatoms. The molecule has 2 heterocycles. The van der Waals surface area contributed by atoms with Crippen LogP contribution in [0.5, 0.6) is 5.75 Å². The maximum Gasteiger partial charge on any atom is 0.357 e. The fraction of sp³-hybridized carbons (Fsp3) is 0.115. The van der Waals surface area contributed by atoms with Gasteiger partial charge in [0.15, 0.2) is 17.3 Å². The van der Waals surface area contributed by atoms with Gasteiger partial charge in [-0.3, -0.25) is 4.57 Å². The van der Waals surface area contributed by atoms with Crippen molar-refractivity contribution in [3.8, 4) is 11.4 Å². The highest BCUT2D eigenvalue weighted by atomic mass is 19.1. The number of hydrogen-bond acceptors (Lipinski definition) is 7. The maximum absolute atomic E-state index is 13.8. The van der Waals surface area contributed by atoms with Crippen LogP contribution >= 0.6 is 0 Å². The van der Waals surface area contributed by atoms with Gasteiger partial charge in [0.2, 0.25) is 0 Å². The molecule has 5 rings (SSSR count). The molecule has 180 valence electrons. The lowest BCUT2D eigenvalue weighted by Gasteiger charge is -2.12. The van der Waals surface area contributed by atoms with E-state index in [1.54, 1.807) is 26.2 Å². The van der Waals surface area contributed by atoms with Crippen LogP contribution in [0.2, 0.25) is 0 Å². The summed E-state index contributed by atoms with van der Waals surface area (Å²) in [7, 11) is 1.60. The Labute approximate surface area is 205 Å². The molecule has 0 atom stereocenters. The van der Waals surface area contributed by atoms with E-state index in [4.69, 9.17) is 9.47 Å². The molecule has 0 aliphatic carbocycles. The Balaban J connectivity index is 1.49. The molecule has 9 nitrogen and oxygen atoms in total. The smallest absolute Gasteiger partial charge is 0.357 e. The third-order valence-electron chi connectivity index (χ3n) is 5.51. The zero-order chi connectivity index (χ0) is 25.1. The summed E-state index contributed by atoms with van der Waals surface area (Å²) < 4.78 is 27.9. The van der Waals surface area contributed by atoms with E-state index in [1.807, 2.05) is 53.1 Å². The lowest BCUT2D eigenvalue weighted by atomic mass is 10.2. The Morgan fingerprint density at radius 2 is 1.86 bits per heavy atom. The molecule has 2 aromatic heterocycles. The average molecular weight is 484 g/mol. The molecule has 36 heavy (non-hydrogen) atoms. The average Bonchev–Trinajstić information content (AvgIpc) is 3.49. The number of halogens is 1. The van der Waals surface area contributed by atoms with Crippen molar-refractivity contribution in [2.75, 3.05) is 7.11 Å². The van der Waals surface area contributed by atoms with Crippen LogP contribution in [0.15, 0.2) is 72.8 Å². The normalized spacial score (nSPS) is 11.6. The second kappa shape index (κ2) is 9.79.